The van der Waals surface area contributed by atoms with Gasteiger partial charge in [-0.1, -0.05) is 24.3 Å². The van der Waals surface area contributed by atoms with E-state index in [0.29, 0.717) is 0 Å². The highest BCUT2D eigenvalue weighted by Crippen LogP contribution is 2.33. The summed E-state index contributed by atoms with van der Waals surface area (Å²) >= 11 is 0. The van der Waals surface area contributed by atoms with Crippen molar-refractivity contribution in [3.05, 3.63) is 66.7 Å². The van der Waals surface area contributed by atoms with Crippen molar-refractivity contribution in [1.82, 2.24) is 0 Å². The Kier molecular flexibility index (Phi) is 6.26. The fourth-order valence-electron chi connectivity index (χ4n) is 3.49. The molecule has 0 radical (unpaired) electrons. The zero-order valence-electron chi connectivity index (χ0n) is 14.4. The van der Waals surface area contributed by atoms with Gasteiger partial charge in [-0.2, -0.15) is 4.57 Å². The summed E-state index contributed by atoms with van der Waals surface area (Å²) in [6.45, 7) is 3.02. The summed E-state index contributed by atoms with van der Waals surface area (Å²) in [5.74, 6) is 0. The highest BCUT2D eigenvalue weighted by Gasteiger charge is 2.22. The van der Waals surface area contributed by atoms with Crippen LogP contribution < -0.4 is 33.0 Å². The van der Waals surface area contributed by atoms with Crippen LogP contribution in [0, 0.1) is 0 Å². The number of nitrogens with zero attached hydrogens (tertiary/aromatic N) is 1. The van der Waals surface area contributed by atoms with E-state index < -0.39 is 0 Å². The fraction of sp³-hybridized carbons (Fsp3) is 0.0952. The number of hydrogen-bond acceptors (Lipinski definition) is 2. The third-order valence-corrected chi connectivity index (χ3v) is 4.53. The summed E-state index contributed by atoms with van der Waals surface area (Å²) in [6.07, 6.45) is 0. The molecule has 0 amide bonds. The number of nitrogens with two attached hydrogens (primary N) is 2. The Balaban J connectivity index is 0.00000121. The van der Waals surface area contributed by atoms with Gasteiger partial charge in [0, 0.05) is 28.4 Å². The normalized spacial score (nSPS) is 10.3. The quantitative estimate of drug-likeness (QED) is 0.264. The smallest absolute Gasteiger partial charge is 0.220 e. The van der Waals surface area contributed by atoms with Crippen LogP contribution in [-0.2, 0) is 6.54 Å². The van der Waals surface area contributed by atoms with E-state index in [9.17, 15) is 0 Å². The molecule has 0 fully saturated rings. The topological polar surface area (TPSA) is 55.9 Å². The number of pyridine rings is 1. The van der Waals surface area contributed by atoms with Crippen molar-refractivity contribution in [1.29, 1.82) is 0 Å². The first-order valence-corrected chi connectivity index (χ1v) is 8.18. The van der Waals surface area contributed by atoms with Gasteiger partial charge in [0.25, 0.3) is 0 Å². The molecule has 0 atom stereocenters. The maximum absolute atomic E-state index is 6.10. The number of fused-ring (bicyclic) bond motifs is 3. The average molecular weight is 475 g/mol. The predicted molar refractivity (Wildman–Crippen MR) is 112 cm³/mol. The molecule has 0 bridgehead atoms. The molecule has 0 saturated carbocycles. The summed E-state index contributed by atoms with van der Waals surface area (Å²) in [5, 5.41) is 3.56. The van der Waals surface area contributed by atoms with Gasteiger partial charge in [0.2, 0.25) is 11.2 Å². The Hall–Kier alpha value is -2.11. The molecule has 0 aliphatic rings. The predicted octanol–water partition coefficient (Wildman–Crippen LogP) is 1.71. The van der Waals surface area contributed by atoms with Crippen molar-refractivity contribution in [2.45, 2.75) is 13.5 Å². The third kappa shape index (κ3) is 3.29. The lowest BCUT2D eigenvalue weighted by Gasteiger charge is -2.12. The van der Waals surface area contributed by atoms with Gasteiger partial charge in [0.1, 0.15) is 6.54 Å². The van der Waals surface area contributed by atoms with E-state index in [4.69, 9.17) is 11.5 Å². The van der Waals surface area contributed by atoms with E-state index in [-0.39, 0.29) is 34.0 Å². The van der Waals surface area contributed by atoms with Crippen molar-refractivity contribution in [3.63, 3.8) is 0 Å². The van der Waals surface area contributed by atoms with Gasteiger partial charge < -0.3 is 28.4 Å². The second kappa shape index (κ2) is 8.06. The second-order valence-corrected chi connectivity index (χ2v) is 6.04. The van der Waals surface area contributed by atoms with Gasteiger partial charge in [-0.25, -0.2) is 0 Å². The molecule has 0 aliphatic heterocycles. The van der Waals surface area contributed by atoms with Gasteiger partial charge in [-0.3, -0.25) is 0 Å². The molecular weight excluding hydrogens is 454 g/mol. The summed E-state index contributed by atoms with van der Waals surface area (Å²) < 4.78 is 2.32. The summed E-state index contributed by atoms with van der Waals surface area (Å²) in [5.41, 5.74) is 17.2. The monoisotopic (exact) mass is 473 g/mol. The number of anilines is 2. The molecule has 3 aromatic carbocycles. The summed E-state index contributed by atoms with van der Waals surface area (Å²) in [7, 11) is 0. The molecule has 1 aromatic heterocycles. The Morgan fingerprint density at radius 2 is 1.38 bits per heavy atom. The zero-order valence-corrected chi connectivity index (χ0v) is 17.7. The molecule has 4 rings (SSSR count). The first kappa shape index (κ1) is 20.2. The lowest BCUT2D eigenvalue weighted by molar-refractivity contribution is -0.655. The Morgan fingerprint density at radius 3 is 2.04 bits per heavy atom. The van der Waals surface area contributed by atoms with Crippen LogP contribution in [0.3, 0.4) is 0 Å². The third-order valence-electron chi connectivity index (χ3n) is 4.53. The highest BCUT2D eigenvalue weighted by molar-refractivity contribution is 8.93. The van der Waals surface area contributed by atoms with Gasteiger partial charge in [0.15, 0.2) is 0 Å². The number of nitrogen functional groups attached to an aromatic ring is 2. The van der Waals surface area contributed by atoms with Crippen molar-refractivity contribution in [2.75, 3.05) is 11.5 Å². The Labute approximate surface area is 174 Å². The minimum absolute atomic E-state index is 0. The minimum Gasteiger partial charge on any atom is -1.00 e. The standard InChI is InChI=1S/C21H19N3.2BrH/c1-2-24-20-13-16(23)9-11-18(20)17-10-8-15(22)12-19(17)21(24)14-6-4-3-5-7-14;;/h3-13,23H,2,22H2,1H3;2*1H. The minimum atomic E-state index is 0. The molecule has 1 heterocycles. The van der Waals surface area contributed by atoms with Crippen LogP contribution in [0.1, 0.15) is 6.92 Å². The van der Waals surface area contributed by atoms with Crippen molar-refractivity contribution in [3.8, 4) is 11.3 Å². The Bertz CT molecular complexity index is 1060. The molecular formula is C21H21Br2N3. The van der Waals surface area contributed by atoms with Crippen LogP contribution in [0.25, 0.3) is 32.9 Å². The number of aryl methyl sites for hydroxylation is 1. The Morgan fingerprint density at radius 1 is 0.769 bits per heavy atom. The first-order chi connectivity index (χ1) is 11.7. The van der Waals surface area contributed by atoms with E-state index in [1.807, 2.05) is 18.2 Å². The number of benzene rings is 3. The molecule has 4 aromatic rings. The molecule has 5 heteroatoms. The summed E-state index contributed by atoms with van der Waals surface area (Å²) in [4.78, 5) is 0. The van der Waals surface area contributed by atoms with Crippen LogP contribution >= 0.6 is 17.0 Å². The second-order valence-electron chi connectivity index (χ2n) is 6.04. The lowest BCUT2D eigenvalue weighted by Crippen LogP contribution is -3.00. The highest BCUT2D eigenvalue weighted by atomic mass is 79.9. The van der Waals surface area contributed by atoms with Crippen molar-refractivity contribution < 1.29 is 21.5 Å². The number of halogens is 2. The zero-order chi connectivity index (χ0) is 16.7. The maximum atomic E-state index is 6.10. The van der Waals surface area contributed by atoms with E-state index >= 15 is 0 Å². The SMILES string of the molecule is Br.CC[n+]1c(-c2ccccc2)c2cc(N)ccc2c2ccc(N)cc21.[Br-]. The van der Waals surface area contributed by atoms with Crippen LogP contribution in [-0.4, -0.2) is 0 Å². The first-order valence-electron chi connectivity index (χ1n) is 8.18. The van der Waals surface area contributed by atoms with Gasteiger partial charge >= 0.3 is 0 Å². The van der Waals surface area contributed by atoms with Gasteiger partial charge in [0.05, 0.1) is 10.8 Å². The average Bonchev–Trinajstić information content (AvgIpc) is 2.61. The molecule has 0 unspecified atom stereocenters. The fourth-order valence-corrected chi connectivity index (χ4v) is 3.49. The van der Waals surface area contributed by atoms with Gasteiger partial charge in [-0.15, -0.1) is 17.0 Å². The van der Waals surface area contributed by atoms with Crippen molar-refractivity contribution in [2.24, 2.45) is 0 Å². The largest absolute Gasteiger partial charge is 1.00 e. The molecule has 0 aliphatic carbocycles. The molecule has 4 N–H and O–H groups in total. The number of hydrogen-bond donors (Lipinski definition) is 2. The van der Waals surface area contributed by atoms with Crippen LogP contribution in [0.5, 0.6) is 0 Å². The van der Waals surface area contributed by atoms with Crippen molar-refractivity contribution >= 4 is 50.0 Å². The summed E-state index contributed by atoms with van der Waals surface area (Å²) in [6, 6.07) is 22.7. The molecule has 134 valence electrons. The van der Waals surface area contributed by atoms with E-state index in [1.54, 1.807) is 0 Å². The number of rotatable bonds is 2. The lowest BCUT2D eigenvalue weighted by atomic mass is 9.98. The molecule has 3 nitrogen and oxygen atoms in total. The van der Waals surface area contributed by atoms with E-state index in [1.165, 1.54) is 27.4 Å². The number of aromatic nitrogens is 1. The van der Waals surface area contributed by atoms with Crippen LogP contribution in [0.2, 0.25) is 0 Å². The van der Waals surface area contributed by atoms with E-state index in [2.05, 4.69) is 60.0 Å². The van der Waals surface area contributed by atoms with E-state index in [0.717, 1.165) is 23.4 Å². The van der Waals surface area contributed by atoms with Crippen LogP contribution in [0.15, 0.2) is 66.7 Å². The van der Waals surface area contributed by atoms with Crippen LogP contribution in [0.4, 0.5) is 11.4 Å². The maximum Gasteiger partial charge on any atom is 0.220 e. The molecule has 0 spiro atoms. The molecule has 26 heavy (non-hydrogen) atoms. The molecule has 0 saturated heterocycles. The van der Waals surface area contributed by atoms with Gasteiger partial charge in [-0.05, 0) is 43.3 Å².